The maximum absolute atomic E-state index is 12.0. The lowest BCUT2D eigenvalue weighted by molar-refractivity contribution is -0.132. The average Bonchev–Trinajstić information content (AvgIpc) is 2.90. The Bertz CT molecular complexity index is 354. The summed E-state index contributed by atoms with van der Waals surface area (Å²) in [5.41, 5.74) is 0. The second-order valence-corrected chi connectivity index (χ2v) is 4.96. The number of hydrogen-bond donors (Lipinski definition) is 1. The Morgan fingerprint density at radius 1 is 1.50 bits per heavy atom. The van der Waals surface area contributed by atoms with E-state index in [1.165, 1.54) is 0 Å². The van der Waals surface area contributed by atoms with Crippen molar-refractivity contribution in [1.82, 2.24) is 10.2 Å². The highest BCUT2D eigenvalue weighted by molar-refractivity contribution is 5.76. The Labute approximate surface area is 108 Å². The topological polar surface area (TPSA) is 45.5 Å². The van der Waals surface area contributed by atoms with Gasteiger partial charge in [-0.3, -0.25) is 4.79 Å². The van der Waals surface area contributed by atoms with Gasteiger partial charge < -0.3 is 14.6 Å². The van der Waals surface area contributed by atoms with Gasteiger partial charge in [-0.15, -0.1) is 0 Å². The Morgan fingerprint density at radius 2 is 2.28 bits per heavy atom. The second kappa shape index (κ2) is 6.59. The second-order valence-electron chi connectivity index (χ2n) is 4.96. The Hall–Kier alpha value is -1.29. The van der Waals surface area contributed by atoms with E-state index in [-0.39, 0.29) is 5.91 Å². The first-order valence-electron chi connectivity index (χ1n) is 6.74. The van der Waals surface area contributed by atoms with Crippen LogP contribution in [0.4, 0.5) is 0 Å². The maximum Gasteiger partial charge on any atom is 0.223 e. The van der Waals surface area contributed by atoms with Gasteiger partial charge in [-0.25, -0.2) is 0 Å². The Balaban J connectivity index is 1.70. The van der Waals surface area contributed by atoms with Crippen LogP contribution in [-0.4, -0.2) is 37.5 Å². The minimum absolute atomic E-state index is 0.259. The first-order valence-corrected chi connectivity index (χ1v) is 6.74. The molecular formula is C14H22N2O2. The lowest BCUT2D eigenvalue weighted by atomic mass is 9.96. The number of likely N-dealkylation sites (tertiary alicyclic amines) is 1. The number of aryl methyl sites for hydroxylation is 1. The van der Waals surface area contributed by atoms with Crippen LogP contribution in [0.2, 0.25) is 0 Å². The zero-order valence-corrected chi connectivity index (χ0v) is 11.0. The summed E-state index contributed by atoms with van der Waals surface area (Å²) in [5, 5.41) is 3.21. The van der Waals surface area contributed by atoms with Crippen molar-refractivity contribution in [3.63, 3.8) is 0 Å². The fraction of sp³-hybridized carbons (Fsp3) is 0.643. The predicted molar refractivity (Wildman–Crippen MR) is 70.3 cm³/mol. The zero-order valence-electron chi connectivity index (χ0n) is 11.0. The minimum Gasteiger partial charge on any atom is -0.469 e. The SMILES string of the molecule is CNCC1CCN(C(=O)CCc2ccco2)CC1. The number of carbonyl (C=O) groups excluding carboxylic acids is 1. The van der Waals surface area contributed by atoms with E-state index >= 15 is 0 Å². The van der Waals surface area contributed by atoms with Crippen LogP contribution >= 0.6 is 0 Å². The molecule has 1 aliphatic heterocycles. The van der Waals surface area contributed by atoms with Gasteiger partial charge in [0, 0.05) is 25.9 Å². The van der Waals surface area contributed by atoms with Crippen LogP contribution in [0.15, 0.2) is 22.8 Å². The summed E-state index contributed by atoms with van der Waals surface area (Å²) in [4.78, 5) is 14.0. The molecule has 0 unspecified atom stereocenters. The zero-order chi connectivity index (χ0) is 12.8. The monoisotopic (exact) mass is 250 g/mol. The molecular weight excluding hydrogens is 228 g/mol. The van der Waals surface area contributed by atoms with Crippen LogP contribution in [0.25, 0.3) is 0 Å². The standard InChI is InChI=1S/C14H22N2O2/c1-15-11-12-6-8-16(9-7-12)14(17)5-4-13-3-2-10-18-13/h2-3,10,12,15H,4-9,11H2,1H3. The van der Waals surface area contributed by atoms with Crippen LogP contribution < -0.4 is 5.32 Å². The van der Waals surface area contributed by atoms with Crippen LogP contribution in [0.5, 0.6) is 0 Å². The molecule has 0 radical (unpaired) electrons. The number of piperidine rings is 1. The molecule has 100 valence electrons. The van der Waals surface area contributed by atoms with E-state index < -0.39 is 0 Å². The molecule has 1 amide bonds. The molecule has 0 spiro atoms. The summed E-state index contributed by atoms with van der Waals surface area (Å²) in [6.45, 7) is 2.88. The molecule has 1 saturated heterocycles. The molecule has 18 heavy (non-hydrogen) atoms. The molecule has 1 aliphatic rings. The molecule has 0 atom stereocenters. The molecule has 2 heterocycles. The summed E-state index contributed by atoms with van der Waals surface area (Å²) in [6.07, 6.45) is 5.16. The van der Waals surface area contributed by atoms with Crippen molar-refractivity contribution in [1.29, 1.82) is 0 Å². The van der Waals surface area contributed by atoms with Gasteiger partial charge in [0.15, 0.2) is 0 Å². The lowest BCUT2D eigenvalue weighted by Crippen LogP contribution is -2.40. The molecule has 0 aromatic carbocycles. The van der Waals surface area contributed by atoms with E-state index in [9.17, 15) is 4.79 Å². The lowest BCUT2D eigenvalue weighted by Gasteiger charge is -2.32. The number of rotatable bonds is 5. The van der Waals surface area contributed by atoms with Gasteiger partial charge in [0.2, 0.25) is 5.91 Å². The van der Waals surface area contributed by atoms with Gasteiger partial charge in [0.1, 0.15) is 5.76 Å². The van der Waals surface area contributed by atoms with Crippen molar-refractivity contribution in [2.75, 3.05) is 26.7 Å². The van der Waals surface area contributed by atoms with E-state index in [0.29, 0.717) is 12.8 Å². The first-order chi connectivity index (χ1) is 8.79. The van der Waals surface area contributed by atoms with Crippen LogP contribution in [0.1, 0.15) is 25.0 Å². The molecule has 1 aromatic heterocycles. The fourth-order valence-corrected chi connectivity index (χ4v) is 2.52. The van der Waals surface area contributed by atoms with Crippen LogP contribution in [0.3, 0.4) is 0 Å². The average molecular weight is 250 g/mol. The summed E-state index contributed by atoms with van der Waals surface area (Å²) in [6, 6.07) is 3.79. The van der Waals surface area contributed by atoms with Gasteiger partial charge >= 0.3 is 0 Å². The molecule has 0 bridgehead atoms. The van der Waals surface area contributed by atoms with E-state index in [1.807, 2.05) is 24.1 Å². The number of hydrogen-bond acceptors (Lipinski definition) is 3. The molecule has 1 N–H and O–H groups in total. The third kappa shape index (κ3) is 3.60. The summed E-state index contributed by atoms with van der Waals surface area (Å²) < 4.78 is 5.24. The van der Waals surface area contributed by atoms with E-state index in [4.69, 9.17) is 4.42 Å². The number of nitrogens with one attached hydrogen (secondary N) is 1. The quantitative estimate of drug-likeness (QED) is 0.864. The molecule has 0 aliphatic carbocycles. The van der Waals surface area contributed by atoms with Crippen molar-refractivity contribution in [3.05, 3.63) is 24.2 Å². The summed E-state index contributed by atoms with van der Waals surface area (Å²) in [7, 11) is 1.99. The van der Waals surface area contributed by atoms with Crippen LogP contribution in [-0.2, 0) is 11.2 Å². The molecule has 2 rings (SSSR count). The van der Waals surface area contributed by atoms with Gasteiger partial charge in [-0.1, -0.05) is 0 Å². The third-order valence-electron chi connectivity index (χ3n) is 3.63. The highest BCUT2D eigenvalue weighted by Gasteiger charge is 2.22. The highest BCUT2D eigenvalue weighted by atomic mass is 16.3. The van der Waals surface area contributed by atoms with E-state index in [1.54, 1.807) is 6.26 Å². The summed E-state index contributed by atoms with van der Waals surface area (Å²) in [5.74, 6) is 1.88. The normalized spacial score (nSPS) is 17.1. The largest absolute Gasteiger partial charge is 0.469 e. The molecule has 4 heteroatoms. The Kier molecular flexibility index (Phi) is 4.81. The van der Waals surface area contributed by atoms with Crippen molar-refractivity contribution >= 4 is 5.91 Å². The maximum atomic E-state index is 12.0. The molecule has 4 nitrogen and oxygen atoms in total. The van der Waals surface area contributed by atoms with E-state index in [0.717, 1.165) is 44.2 Å². The van der Waals surface area contributed by atoms with Crippen molar-refractivity contribution in [3.8, 4) is 0 Å². The smallest absolute Gasteiger partial charge is 0.223 e. The van der Waals surface area contributed by atoms with Crippen molar-refractivity contribution < 1.29 is 9.21 Å². The molecule has 1 aromatic rings. The van der Waals surface area contributed by atoms with Crippen LogP contribution in [0, 0.1) is 5.92 Å². The number of furan rings is 1. The molecule has 0 saturated carbocycles. The Morgan fingerprint density at radius 3 is 2.89 bits per heavy atom. The highest BCUT2D eigenvalue weighted by Crippen LogP contribution is 2.17. The first kappa shape index (κ1) is 13.1. The minimum atomic E-state index is 0.259. The van der Waals surface area contributed by atoms with Gasteiger partial charge in [-0.05, 0) is 44.5 Å². The van der Waals surface area contributed by atoms with Gasteiger partial charge in [0.25, 0.3) is 0 Å². The van der Waals surface area contributed by atoms with Crippen molar-refractivity contribution in [2.45, 2.75) is 25.7 Å². The summed E-state index contributed by atoms with van der Waals surface area (Å²) >= 11 is 0. The predicted octanol–water partition coefficient (Wildman–Crippen LogP) is 1.67. The molecule has 1 fully saturated rings. The fourth-order valence-electron chi connectivity index (χ4n) is 2.52. The third-order valence-corrected chi connectivity index (χ3v) is 3.63. The number of nitrogens with zero attached hydrogens (tertiary/aromatic N) is 1. The van der Waals surface area contributed by atoms with Gasteiger partial charge in [0.05, 0.1) is 6.26 Å². The number of amides is 1. The number of carbonyl (C=O) groups is 1. The van der Waals surface area contributed by atoms with Gasteiger partial charge in [-0.2, -0.15) is 0 Å². The van der Waals surface area contributed by atoms with Crippen molar-refractivity contribution in [2.24, 2.45) is 5.92 Å². The van der Waals surface area contributed by atoms with E-state index in [2.05, 4.69) is 5.32 Å².